The van der Waals surface area contributed by atoms with Gasteiger partial charge in [0.15, 0.2) is 12.1 Å². The quantitative estimate of drug-likeness (QED) is 0.0414. The fourth-order valence-electron chi connectivity index (χ4n) is 8.08. The van der Waals surface area contributed by atoms with Crippen LogP contribution in [0, 0.1) is 11.3 Å². The molecule has 0 saturated carbocycles. The second-order valence-electron chi connectivity index (χ2n) is 21.0. The van der Waals surface area contributed by atoms with Gasteiger partial charge < -0.3 is 34.6 Å². The molecule has 8 nitrogen and oxygen atoms in total. The highest BCUT2D eigenvalue weighted by Gasteiger charge is 2.47. The first kappa shape index (κ1) is 61.4. The van der Waals surface area contributed by atoms with Crippen LogP contribution in [0.3, 0.4) is 0 Å². The SMILES string of the molecule is CC1=C(/C=C/C(C)=C/C=C/C(C)=C/C=C/C=C(C)/C=C/C=C(C)/C=C/C=C(C)/C=C/[C@H](O)C(C)(C)OC2OC(COCCCCCCCCCCCCC(C)C)C(O)C(O)C2O)C(C)(C)CCC1=O. The van der Waals surface area contributed by atoms with Crippen LogP contribution in [0.25, 0.3) is 0 Å². The summed E-state index contributed by atoms with van der Waals surface area (Å²) in [6.45, 7) is 25.1. The molecule has 0 bridgehead atoms. The maximum atomic E-state index is 12.2. The number of Topliss-reactive ketones (excluding diaryl/α,β-unsaturated/α-hetero) is 1. The Morgan fingerprint density at radius 2 is 1.14 bits per heavy atom. The fraction of sp³-hybridized carbons (Fsp3) is 0.590. The Hall–Kier alpha value is -3.73. The molecular weight excluding hydrogens is 861 g/mol. The number of rotatable bonds is 30. The minimum absolute atomic E-state index is 0.0159. The van der Waals surface area contributed by atoms with Crippen molar-refractivity contribution in [3.8, 4) is 0 Å². The highest BCUT2D eigenvalue weighted by Crippen LogP contribution is 2.39. The van der Waals surface area contributed by atoms with Gasteiger partial charge in [-0.2, -0.15) is 0 Å². The second-order valence-corrected chi connectivity index (χ2v) is 21.0. The van der Waals surface area contributed by atoms with Gasteiger partial charge in [0.1, 0.15) is 30.5 Å². The van der Waals surface area contributed by atoms with E-state index in [1.54, 1.807) is 26.0 Å². The normalized spacial score (nSPS) is 23.6. The Morgan fingerprint density at radius 3 is 1.67 bits per heavy atom. The molecule has 1 saturated heterocycles. The summed E-state index contributed by atoms with van der Waals surface area (Å²) in [7, 11) is 0. The lowest BCUT2D eigenvalue weighted by Gasteiger charge is -2.43. The number of aliphatic hydroxyl groups is 4. The predicted molar refractivity (Wildman–Crippen MR) is 289 cm³/mol. The zero-order valence-corrected chi connectivity index (χ0v) is 44.9. The number of carbonyl (C=O) groups excluding carboxylic acids is 1. The molecule has 5 unspecified atom stereocenters. The predicted octanol–water partition coefficient (Wildman–Crippen LogP) is 13.7. The molecule has 6 atom stereocenters. The number of carbonyl (C=O) groups is 1. The van der Waals surface area contributed by atoms with Gasteiger partial charge in [0.05, 0.1) is 12.2 Å². The van der Waals surface area contributed by atoms with Gasteiger partial charge in [-0.1, -0.05) is 223 Å². The summed E-state index contributed by atoms with van der Waals surface area (Å²) in [5.74, 6) is 1.06. The molecule has 1 aliphatic carbocycles. The van der Waals surface area contributed by atoms with E-state index in [9.17, 15) is 25.2 Å². The lowest BCUT2D eigenvalue weighted by atomic mass is 9.72. The van der Waals surface area contributed by atoms with Crippen LogP contribution in [-0.2, 0) is 19.0 Å². The maximum absolute atomic E-state index is 12.2. The van der Waals surface area contributed by atoms with E-state index in [1.807, 2.05) is 63.3 Å². The van der Waals surface area contributed by atoms with E-state index in [0.717, 1.165) is 64.2 Å². The van der Waals surface area contributed by atoms with Crippen molar-refractivity contribution < 1.29 is 39.4 Å². The topological polar surface area (TPSA) is 126 Å². The highest BCUT2D eigenvalue weighted by molar-refractivity contribution is 5.97. The molecule has 386 valence electrons. The number of ketones is 1. The molecule has 0 radical (unpaired) electrons. The first-order valence-electron chi connectivity index (χ1n) is 26.0. The third kappa shape index (κ3) is 25.3. The van der Waals surface area contributed by atoms with E-state index < -0.39 is 42.4 Å². The molecular formula is C61H94O8. The molecule has 8 heteroatoms. The summed E-state index contributed by atoms with van der Waals surface area (Å²) in [4.78, 5) is 12.2. The van der Waals surface area contributed by atoms with Crippen molar-refractivity contribution in [2.75, 3.05) is 13.2 Å². The largest absolute Gasteiger partial charge is 0.387 e. The van der Waals surface area contributed by atoms with Crippen LogP contribution in [-0.4, -0.2) is 81.8 Å². The van der Waals surface area contributed by atoms with Crippen LogP contribution >= 0.6 is 0 Å². The zero-order chi connectivity index (χ0) is 51.4. The van der Waals surface area contributed by atoms with Crippen molar-refractivity contribution in [1.82, 2.24) is 0 Å². The third-order valence-corrected chi connectivity index (χ3v) is 13.0. The molecule has 1 aliphatic heterocycles. The van der Waals surface area contributed by atoms with Gasteiger partial charge in [-0.3, -0.25) is 4.79 Å². The van der Waals surface area contributed by atoms with Gasteiger partial charge in [-0.25, -0.2) is 0 Å². The van der Waals surface area contributed by atoms with Gasteiger partial charge in [-0.05, 0) is 90.7 Å². The minimum atomic E-state index is -1.50. The molecule has 0 aromatic rings. The minimum Gasteiger partial charge on any atom is -0.387 e. The van der Waals surface area contributed by atoms with Crippen molar-refractivity contribution in [1.29, 1.82) is 0 Å². The van der Waals surface area contributed by atoms with Crippen molar-refractivity contribution in [2.45, 2.75) is 209 Å². The number of hydrogen-bond donors (Lipinski definition) is 4. The lowest BCUT2D eigenvalue weighted by Crippen LogP contribution is -2.61. The summed E-state index contributed by atoms with van der Waals surface area (Å²) >= 11 is 0. The van der Waals surface area contributed by atoms with E-state index >= 15 is 0 Å². The highest BCUT2D eigenvalue weighted by atomic mass is 16.7. The number of hydrogen-bond acceptors (Lipinski definition) is 8. The van der Waals surface area contributed by atoms with Crippen molar-refractivity contribution >= 4 is 5.78 Å². The molecule has 0 aromatic carbocycles. The standard InChI is InChI=1S/C61H94O8/c1-45(2)28-21-19-17-15-13-14-16-18-20-24-43-67-44-54-56(64)57(65)58(66)59(68-54)69-61(11,12)55(63)40-38-50(7)36-27-34-48(5)33-25-31-46(3)29-22-23-30-47(4)32-26-35-49(6)37-39-52-51(8)53(62)41-42-60(52,9)10/h22-23,25-27,29-40,45,54-59,63-66H,13-21,24,28,41-44H2,1-12H3/b23-22+,31-25+,32-26+,34-27+,39-37+,40-38+,46-29+,47-30+,48-33+,49-35+,50-36+/t54?,55-,56?,57?,58?,59?/m0/s1. The van der Waals surface area contributed by atoms with E-state index in [1.165, 1.54) is 57.8 Å². The Labute approximate surface area is 419 Å². The molecule has 2 aliphatic rings. The molecule has 1 fully saturated rings. The second kappa shape index (κ2) is 33.0. The zero-order valence-electron chi connectivity index (χ0n) is 44.9. The molecule has 0 amide bonds. The van der Waals surface area contributed by atoms with Crippen LogP contribution in [0.2, 0.25) is 0 Å². The average molecular weight is 955 g/mol. The van der Waals surface area contributed by atoms with E-state index in [0.29, 0.717) is 13.0 Å². The number of allylic oxidation sites excluding steroid dienone is 23. The van der Waals surface area contributed by atoms with Gasteiger partial charge in [0, 0.05) is 13.0 Å². The molecule has 4 N–H and O–H groups in total. The Morgan fingerprint density at radius 1 is 0.681 bits per heavy atom. The van der Waals surface area contributed by atoms with Gasteiger partial charge in [0.25, 0.3) is 0 Å². The van der Waals surface area contributed by atoms with E-state index in [4.69, 9.17) is 14.2 Å². The summed E-state index contributed by atoms with van der Waals surface area (Å²) in [5, 5.41) is 43.0. The average Bonchev–Trinajstić information content (AvgIpc) is 3.28. The first-order chi connectivity index (χ1) is 32.6. The van der Waals surface area contributed by atoms with E-state index in [-0.39, 0.29) is 17.8 Å². The third-order valence-electron chi connectivity index (χ3n) is 13.0. The van der Waals surface area contributed by atoms with Crippen molar-refractivity contribution in [2.24, 2.45) is 11.3 Å². The maximum Gasteiger partial charge on any atom is 0.187 e. The van der Waals surface area contributed by atoms with Crippen LogP contribution in [0.5, 0.6) is 0 Å². The summed E-state index contributed by atoms with van der Waals surface area (Å²) in [5.41, 5.74) is 6.22. The molecule has 2 rings (SSSR count). The van der Waals surface area contributed by atoms with Crippen molar-refractivity contribution in [3.63, 3.8) is 0 Å². The summed E-state index contributed by atoms with van der Waals surface area (Å²) in [6, 6.07) is 0. The molecule has 0 spiro atoms. The molecule has 69 heavy (non-hydrogen) atoms. The smallest absolute Gasteiger partial charge is 0.187 e. The first-order valence-corrected chi connectivity index (χ1v) is 26.0. The van der Waals surface area contributed by atoms with Crippen LogP contribution in [0.4, 0.5) is 0 Å². The number of ether oxygens (including phenoxy) is 3. The van der Waals surface area contributed by atoms with E-state index in [2.05, 4.69) is 97.1 Å². The van der Waals surface area contributed by atoms with Crippen LogP contribution < -0.4 is 0 Å². The summed E-state index contributed by atoms with van der Waals surface area (Å²) in [6.07, 6.45) is 41.8. The van der Waals surface area contributed by atoms with Gasteiger partial charge in [0.2, 0.25) is 0 Å². The number of unbranched alkanes of at least 4 members (excludes halogenated alkanes) is 9. The molecule has 1 heterocycles. The lowest BCUT2D eigenvalue weighted by molar-refractivity contribution is -0.330. The van der Waals surface area contributed by atoms with Gasteiger partial charge in [-0.15, -0.1) is 0 Å². The molecule has 0 aromatic heterocycles. The summed E-state index contributed by atoms with van der Waals surface area (Å²) < 4.78 is 17.8. The monoisotopic (exact) mass is 955 g/mol. The van der Waals surface area contributed by atoms with Gasteiger partial charge >= 0.3 is 0 Å². The van der Waals surface area contributed by atoms with Crippen molar-refractivity contribution in [3.05, 3.63) is 142 Å². The van der Waals surface area contributed by atoms with Crippen LogP contribution in [0.15, 0.2) is 142 Å². The Bertz CT molecular complexity index is 1920. The van der Waals surface area contributed by atoms with Crippen LogP contribution in [0.1, 0.15) is 167 Å². The Kier molecular flexibility index (Phi) is 29.4. The fourth-order valence-corrected chi connectivity index (χ4v) is 8.08. The Balaban J connectivity index is 1.78. The number of aliphatic hydroxyl groups excluding tert-OH is 4.